The molecular weight excluding hydrogens is 326 g/mol. The van der Waals surface area contributed by atoms with Gasteiger partial charge in [0.05, 0.1) is 18.4 Å². The van der Waals surface area contributed by atoms with Crippen molar-refractivity contribution in [3.63, 3.8) is 0 Å². The molecule has 0 saturated heterocycles. The van der Waals surface area contributed by atoms with E-state index in [-0.39, 0.29) is 5.97 Å². The zero-order valence-electron chi connectivity index (χ0n) is 14.7. The molecule has 0 bridgehead atoms. The van der Waals surface area contributed by atoms with E-state index in [0.29, 0.717) is 11.3 Å². The van der Waals surface area contributed by atoms with Crippen molar-refractivity contribution in [1.82, 2.24) is 0 Å². The highest BCUT2D eigenvalue weighted by Gasteiger charge is 2.08. The molecule has 0 amide bonds. The minimum absolute atomic E-state index is 0.389. The van der Waals surface area contributed by atoms with Crippen LogP contribution in [0.4, 0.5) is 5.69 Å². The van der Waals surface area contributed by atoms with Crippen LogP contribution in [0, 0.1) is 6.92 Å². The summed E-state index contributed by atoms with van der Waals surface area (Å²) in [7, 11) is 1.63. The van der Waals surface area contributed by atoms with Gasteiger partial charge in [0.2, 0.25) is 0 Å². The molecule has 0 heterocycles. The maximum Gasteiger partial charge on any atom is 0.343 e. The molecule has 3 aromatic carbocycles. The molecule has 4 nitrogen and oxygen atoms in total. The molecule has 0 radical (unpaired) electrons. The number of hydrogen-bond acceptors (Lipinski definition) is 4. The van der Waals surface area contributed by atoms with Crippen LogP contribution in [-0.4, -0.2) is 19.3 Å². The summed E-state index contributed by atoms with van der Waals surface area (Å²) in [5.41, 5.74) is 3.32. The topological polar surface area (TPSA) is 47.9 Å². The Morgan fingerprint density at radius 1 is 0.846 bits per heavy atom. The van der Waals surface area contributed by atoms with Crippen LogP contribution < -0.4 is 9.47 Å². The third-order valence-corrected chi connectivity index (χ3v) is 3.81. The molecule has 0 aliphatic heterocycles. The summed E-state index contributed by atoms with van der Waals surface area (Å²) in [5.74, 6) is 0.945. The van der Waals surface area contributed by atoms with E-state index in [1.54, 1.807) is 49.7 Å². The molecule has 3 aromatic rings. The summed E-state index contributed by atoms with van der Waals surface area (Å²) in [6.45, 7) is 1.98. The average molecular weight is 345 g/mol. The Morgan fingerprint density at radius 3 is 2.08 bits per heavy atom. The average Bonchev–Trinajstić information content (AvgIpc) is 2.69. The van der Waals surface area contributed by atoms with Crippen molar-refractivity contribution in [2.24, 2.45) is 4.99 Å². The molecule has 0 aliphatic rings. The molecule has 0 aliphatic carbocycles. The monoisotopic (exact) mass is 345 g/mol. The van der Waals surface area contributed by atoms with Gasteiger partial charge in [0, 0.05) is 6.21 Å². The molecule has 130 valence electrons. The van der Waals surface area contributed by atoms with Gasteiger partial charge < -0.3 is 9.47 Å². The smallest absolute Gasteiger partial charge is 0.343 e. The molecule has 0 spiro atoms. The van der Waals surface area contributed by atoms with Crippen LogP contribution in [0.1, 0.15) is 21.5 Å². The number of hydrogen-bond donors (Lipinski definition) is 0. The third-order valence-electron chi connectivity index (χ3n) is 3.81. The zero-order valence-corrected chi connectivity index (χ0v) is 14.7. The second-order valence-electron chi connectivity index (χ2n) is 5.78. The number of esters is 1. The summed E-state index contributed by atoms with van der Waals surface area (Å²) in [6, 6.07) is 22.0. The Kier molecular flexibility index (Phi) is 5.44. The number of rotatable bonds is 5. The van der Waals surface area contributed by atoms with Crippen molar-refractivity contribution in [3.05, 3.63) is 89.5 Å². The molecule has 0 aromatic heterocycles. The van der Waals surface area contributed by atoms with E-state index in [1.807, 2.05) is 43.3 Å². The summed E-state index contributed by atoms with van der Waals surface area (Å²) < 4.78 is 10.5. The second-order valence-corrected chi connectivity index (χ2v) is 5.78. The Labute approximate surface area is 152 Å². The first-order valence-electron chi connectivity index (χ1n) is 8.21. The largest absolute Gasteiger partial charge is 0.497 e. The van der Waals surface area contributed by atoms with E-state index in [9.17, 15) is 4.79 Å². The van der Waals surface area contributed by atoms with Crippen LogP contribution in [0.25, 0.3) is 0 Å². The summed E-state index contributed by atoms with van der Waals surface area (Å²) in [6.07, 6.45) is 1.76. The van der Waals surface area contributed by atoms with Gasteiger partial charge in [-0.3, -0.25) is 4.99 Å². The molecule has 0 N–H and O–H groups in total. The van der Waals surface area contributed by atoms with Gasteiger partial charge in [0.1, 0.15) is 11.5 Å². The highest BCUT2D eigenvalue weighted by atomic mass is 16.5. The fraction of sp³-hybridized carbons (Fsp3) is 0.0909. The van der Waals surface area contributed by atoms with E-state index in [2.05, 4.69) is 4.99 Å². The van der Waals surface area contributed by atoms with E-state index >= 15 is 0 Å². The van der Waals surface area contributed by atoms with Crippen molar-refractivity contribution in [2.45, 2.75) is 6.92 Å². The van der Waals surface area contributed by atoms with Gasteiger partial charge in [-0.05, 0) is 73.2 Å². The molecule has 0 unspecified atom stereocenters. The first-order chi connectivity index (χ1) is 12.6. The van der Waals surface area contributed by atoms with Crippen LogP contribution in [0.2, 0.25) is 0 Å². The number of nitrogens with zero attached hydrogens (tertiary/aromatic N) is 1. The lowest BCUT2D eigenvalue weighted by molar-refractivity contribution is 0.0735. The van der Waals surface area contributed by atoms with Crippen LogP contribution in [0.15, 0.2) is 77.8 Å². The lowest BCUT2D eigenvalue weighted by Gasteiger charge is -2.05. The van der Waals surface area contributed by atoms with E-state index < -0.39 is 0 Å². The maximum atomic E-state index is 12.2. The van der Waals surface area contributed by atoms with Crippen molar-refractivity contribution in [2.75, 3.05) is 7.11 Å². The highest BCUT2D eigenvalue weighted by molar-refractivity contribution is 5.91. The number of aryl methyl sites for hydroxylation is 1. The summed E-state index contributed by atoms with van der Waals surface area (Å²) >= 11 is 0. The quantitative estimate of drug-likeness (QED) is 0.372. The summed E-state index contributed by atoms with van der Waals surface area (Å²) in [5, 5.41) is 0. The van der Waals surface area contributed by atoms with E-state index in [1.165, 1.54) is 0 Å². The van der Waals surface area contributed by atoms with Gasteiger partial charge in [-0.2, -0.15) is 0 Å². The third kappa shape index (κ3) is 4.57. The van der Waals surface area contributed by atoms with Crippen LogP contribution in [0.3, 0.4) is 0 Å². The van der Waals surface area contributed by atoms with Gasteiger partial charge in [-0.1, -0.05) is 17.7 Å². The van der Waals surface area contributed by atoms with Crippen LogP contribution in [0.5, 0.6) is 11.5 Å². The van der Waals surface area contributed by atoms with Crippen LogP contribution >= 0.6 is 0 Å². The number of ether oxygens (including phenoxy) is 2. The van der Waals surface area contributed by atoms with Gasteiger partial charge in [-0.25, -0.2) is 4.79 Å². The number of aliphatic imine (C=N–C) groups is 1. The summed E-state index contributed by atoms with van der Waals surface area (Å²) in [4.78, 5) is 16.6. The van der Waals surface area contributed by atoms with Gasteiger partial charge in [0.25, 0.3) is 0 Å². The normalized spacial score (nSPS) is 10.7. The molecule has 26 heavy (non-hydrogen) atoms. The van der Waals surface area contributed by atoms with Crippen molar-refractivity contribution in [1.29, 1.82) is 0 Å². The molecule has 0 saturated carbocycles. The first kappa shape index (κ1) is 17.4. The lowest BCUT2D eigenvalue weighted by Crippen LogP contribution is -2.07. The SMILES string of the molecule is COc1ccc(C=Nc2ccc(C(=O)Oc3ccc(C)cc3)cc2)cc1. The fourth-order valence-electron chi connectivity index (χ4n) is 2.29. The predicted octanol–water partition coefficient (Wildman–Crippen LogP) is 4.97. The first-order valence-corrected chi connectivity index (χ1v) is 8.21. The minimum Gasteiger partial charge on any atom is -0.497 e. The fourth-order valence-corrected chi connectivity index (χ4v) is 2.29. The van der Waals surface area contributed by atoms with Crippen molar-refractivity contribution < 1.29 is 14.3 Å². The standard InChI is InChI=1S/C22H19NO3/c1-16-3-11-21(12-4-16)26-22(24)18-7-9-19(10-8-18)23-15-17-5-13-20(25-2)14-6-17/h3-15H,1-2H3. The Morgan fingerprint density at radius 2 is 1.46 bits per heavy atom. The predicted molar refractivity (Wildman–Crippen MR) is 103 cm³/mol. The lowest BCUT2D eigenvalue weighted by atomic mass is 10.2. The molecule has 0 fully saturated rings. The molecule has 4 heteroatoms. The van der Waals surface area contributed by atoms with Crippen molar-refractivity contribution in [3.8, 4) is 11.5 Å². The second kappa shape index (κ2) is 8.12. The highest BCUT2D eigenvalue weighted by Crippen LogP contribution is 2.17. The number of benzene rings is 3. The van der Waals surface area contributed by atoms with E-state index in [4.69, 9.17) is 9.47 Å². The van der Waals surface area contributed by atoms with E-state index in [0.717, 1.165) is 22.6 Å². The molecule has 0 atom stereocenters. The Balaban J connectivity index is 1.64. The zero-order chi connectivity index (χ0) is 18.4. The molecular formula is C22H19NO3. The number of carbonyl (C=O) groups excluding carboxylic acids is 1. The maximum absolute atomic E-state index is 12.2. The van der Waals surface area contributed by atoms with Gasteiger partial charge >= 0.3 is 5.97 Å². The minimum atomic E-state index is -0.389. The number of carbonyl (C=O) groups is 1. The van der Waals surface area contributed by atoms with Crippen LogP contribution in [-0.2, 0) is 0 Å². The van der Waals surface area contributed by atoms with Crippen molar-refractivity contribution >= 4 is 17.9 Å². The Bertz CT molecular complexity index is 896. The Hall–Kier alpha value is -3.40. The van der Waals surface area contributed by atoms with Gasteiger partial charge in [-0.15, -0.1) is 0 Å². The van der Waals surface area contributed by atoms with Gasteiger partial charge in [0.15, 0.2) is 0 Å². The molecule has 3 rings (SSSR count). The number of methoxy groups -OCH3 is 1.